The molecule has 1 unspecified atom stereocenters. The second-order valence-corrected chi connectivity index (χ2v) is 24.4. The minimum Gasteiger partial charge on any atom is -0.414 e. The van der Waals surface area contributed by atoms with Gasteiger partial charge in [-0.1, -0.05) is 124 Å². The SMILES string of the molecule is C=C(CCc1cccc(OC(=O)CCCCCCCCCCCCCC(C)O[Si](CC)(CC)CC)n1)CO[Si](C)(C)C(C)(C)C. The molecular formula is C38H71NO4Si2. The molecule has 0 aliphatic heterocycles. The van der Waals surface area contributed by atoms with Crippen LogP contribution >= 0.6 is 0 Å². The molecule has 0 amide bonds. The number of hydrogen-bond acceptors (Lipinski definition) is 5. The Balaban J connectivity index is 2.09. The van der Waals surface area contributed by atoms with Crippen LogP contribution in [0, 0.1) is 0 Å². The van der Waals surface area contributed by atoms with Crippen LogP contribution in [0.5, 0.6) is 5.88 Å². The molecule has 7 heteroatoms. The van der Waals surface area contributed by atoms with Crippen molar-refractivity contribution in [2.24, 2.45) is 0 Å². The highest BCUT2D eigenvalue weighted by molar-refractivity contribution is 6.74. The summed E-state index contributed by atoms with van der Waals surface area (Å²) in [7, 11) is -3.23. The second kappa shape index (κ2) is 22.3. The summed E-state index contributed by atoms with van der Waals surface area (Å²) in [6.07, 6.45) is 17.4. The molecule has 1 atom stereocenters. The number of nitrogens with zero attached hydrogens (tertiary/aromatic N) is 1. The molecule has 0 bridgehead atoms. The average molecular weight is 662 g/mol. The lowest BCUT2D eigenvalue weighted by Gasteiger charge is -2.36. The Morgan fingerprint density at radius 1 is 0.844 bits per heavy atom. The zero-order chi connectivity index (χ0) is 33.8. The van der Waals surface area contributed by atoms with E-state index in [4.69, 9.17) is 13.6 Å². The van der Waals surface area contributed by atoms with Crippen LogP contribution in [0.15, 0.2) is 30.4 Å². The molecule has 0 fully saturated rings. The Hall–Kier alpha value is -1.29. The van der Waals surface area contributed by atoms with Crippen LogP contribution < -0.4 is 4.74 Å². The topological polar surface area (TPSA) is 57.7 Å². The fourth-order valence-corrected chi connectivity index (χ4v) is 9.44. The van der Waals surface area contributed by atoms with E-state index in [2.05, 4.69) is 73.1 Å². The lowest BCUT2D eigenvalue weighted by atomic mass is 10.0. The van der Waals surface area contributed by atoms with Gasteiger partial charge in [-0.2, -0.15) is 0 Å². The molecule has 1 heterocycles. The zero-order valence-electron chi connectivity index (χ0n) is 31.0. The van der Waals surface area contributed by atoms with E-state index >= 15 is 0 Å². The number of aryl methyl sites for hydroxylation is 1. The molecule has 0 aliphatic carbocycles. The van der Waals surface area contributed by atoms with Gasteiger partial charge in [-0.15, -0.1) is 0 Å². The minimum absolute atomic E-state index is 0.185. The summed E-state index contributed by atoms with van der Waals surface area (Å²) in [5.41, 5.74) is 1.99. The van der Waals surface area contributed by atoms with Gasteiger partial charge in [-0.05, 0) is 74.9 Å². The highest BCUT2D eigenvalue weighted by Gasteiger charge is 2.37. The summed E-state index contributed by atoms with van der Waals surface area (Å²) in [5.74, 6) is 0.215. The van der Waals surface area contributed by atoms with Crippen molar-refractivity contribution in [3.8, 4) is 5.88 Å². The first kappa shape index (κ1) is 41.7. The Morgan fingerprint density at radius 2 is 1.38 bits per heavy atom. The van der Waals surface area contributed by atoms with E-state index in [0.29, 0.717) is 25.0 Å². The van der Waals surface area contributed by atoms with Gasteiger partial charge in [0.05, 0.1) is 6.61 Å². The van der Waals surface area contributed by atoms with E-state index in [0.717, 1.165) is 37.0 Å². The third-order valence-electron chi connectivity index (χ3n) is 10.1. The number of rotatable bonds is 26. The molecule has 260 valence electrons. The molecule has 0 saturated heterocycles. The first-order chi connectivity index (χ1) is 21.3. The number of carbonyl (C=O) groups excluding carboxylic acids is 1. The second-order valence-electron chi connectivity index (χ2n) is 14.8. The molecule has 1 rings (SSSR count). The van der Waals surface area contributed by atoms with Crippen molar-refractivity contribution in [3.05, 3.63) is 36.0 Å². The lowest BCUT2D eigenvalue weighted by molar-refractivity contribution is -0.134. The van der Waals surface area contributed by atoms with Gasteiger partial charge >= 0.3 is 5.97 Å². The van der Waals surface area contributed by atoms with Crippen molar-refractivity contribution in [3.63, 3.8) is 0 Å². The Labute approximate surface area is 281 Å². The quantitative estimate of drug-likeness (QED) is 0.0428. The van der Waals surface area contributed by atoms with E-state index in [1.165, 1.54) is 82.3 Å². The highest BCUT2D eigenvalue weighted by Crippen LogP contribution is 2.36. The maximum atomic E-state index is 12.4. The molecule has 0 radical (unpaired) electrons. The number of esters is 1. The van der Waals surface area contributed by atoms with Crippen LogP contribution in [0.3, 0.4) is 0 Å². The summed E-state index contributed by atoms with van der Waals surface area (Å²) in [6, 6.07) is 9.40. The van der Waals surface area contributed by atoms with E-state index in [1.807, 2.05) is 12.1 Å². The molecule has 0 N–H and O–H groups in total. The van der Waals surface area contributed by atoms with Crippen molar-refractivity contribution >= 4 is 22.6 Å². The normalized spacial score (nSPS) is 13.2. The minimum atomic E-state index is -1.78. The summed E-state index contributed by atoms with van der Waals surface area (Å²) < 4.78 is 18.4. The van der Waals surface area contributed by atoms with Gasteiger partial charge in [0.25, 0.3) is 0 Å². The highest BCUT2D eigenvalue weighted by atomic mass is 28.4. The van der Waals surface area contributed by atoms with Gasteiger partial charge in [0.15, 0.2) is 16.6 Å². The molecule has 1 aromatic rings. The molecule has 0 aromatic carbocycles. The smallest absolute Gasteiger partial charge is 0.312 e. The van der Waals surface area contributed by atoms with Gasteiger partial charge in [-0.3, -0.25) is 4.79 Å². The fourth-order valence-electron chi connectivity index (χ4n) is 5.48. The molecule has 0 saturated carbocycles. The maximum Gasteiger partial charge on any atom is 0.312 e. The molecule has 1 aromatic heterocycles. The summed E-state index contributed by atoms with van der Waals surface area (Å²) in [5, 5.41) is 0.189. The fraction of sp³-hybridized carbons (Fsp3) is 0.789. The van der Waals surface area contributed by atoms with Gasteiger partial charge in [-0.25, -0.2) is 4.98 Å². The van der Waals surface area contributed by atoms with Crippen molar-refractivity contribution in [1.82, 2.24) is 4.98 Å². The van der Waals surface area contributed by atoms with Gasteiger partial charge in [0, 0.05) is 24.3 Å². The first-order valence-electron chi connectivity index (χ1n) is 18.4. The number of aromatic nitrogens is 1. The van der Waals surface area contributed by atoms with Crippen LogP contribution in [0.2, 0.25) is 36.3 Å². The predicted octanol–water partition coefficient (Wildman–Crippen LogP) is 12.0. The molecule has 0 spiro atoms. The number of hydrogen-bond donors (Lipinski definition) is 0. The Kier molecular flexibility index (Phi) is 20.7. The zero-order valence-corrected chi connectivity index (χ0v) is 33.0. The van der Waals surface area contributed by atoms with E-state index in [-0.39, 0.29) is 11.0 Å². The van der Waals surface area contributed by atoms with Crippen LogP contribution in [-0.2, 0) is 20.1 Å². The number of ether oxygens (including phenoxy) is 1. The van der Waals surface area contributed by atoms with E-state index < -0.39 is 16.6 Å². The summed E-state index contributed by atoms with van der Waals surface area (Å²) >= 11 is 0. The molecule has 45 heavy (non-hydrogen) atoms. The number of unbranched alkanes of at least 4 members (excludes halogenated alkanes) is 10. The Morgan fingerprint density at radius 3 is 1.91 bits per heavy atom. The number of carbonyl (C=O) groups is 1. The standard InChI is InChI=1S/C38H71NO4Si2/c1-11-45(12-2,13-3)43-34(5)26-23-21-19-17-15-14-16-18-20-22-24-29-37(40)42-36-28-25-27-35(39-36)31-30-33(4)32-41-44(9,10)38(6,7)8/h25,27-28,34H,4,11-24,26,29-32H2,1-3,5-10H3. The van der Waals surface area contributed by atoms with Crippen LogP contribution in [0.25, 0.3) is 0 Å². The van der Waals surface area contributed by atoms with Crippen LogP contribution in [-0.4, -0.2) is 40.3 Å². The third-order valence-corrected chi connectivity index (χ3v) is 19.3. The lowest BCUT2D eigenvalue weighted by Crippen LogP contribution is -2.41. The largest absolute Gasteiger partial charge is 0.414 e. The van der Waals surface area contributed by atoms with Crippen molar-refractivity contribution in [2.75, 3.05) is 6.61 Å². The van der Waals surface area contributed by atoms with Crippen molar-refractivity contribution in [1.29, 1.82) is 0 Å². The monoisotopic (exact) mass is 661 g/mol. The van der Waals surface area contributed by atoms with Crippen LogP contribution in [0.1, 0.15) is 144 Å². The summed E-state index contributed by atoms with van der Waals surface area (Å²) in [6.45, 7) is 25.3. The Bertz CT molecular complexity index is 947. The van der Waals surface area contributed by atoms with E-state index in [1.54, 1.807) is 6.07 Å². The molecular weight excluding hydrogens is 591 g/mol. The predicted molar refractivity (Wildman–Crippen MR) is 198 cm³/mol. The summed E-state index contributed by atoms with van der Waals surface area (Å²) in [4.78, 5) is 16.9. The van der Waals surface area contributed by atoms with E-state index in [9.17, 15) is 4.79 Å². The van der Waals surface area contributed by atoms with Gasteiger partial charge in [0.1, 0.15) is 0 Å². The molecule has 0 aliphatic rings. The third kappa shape index (κ3) is 18.0. The first-order valence-corrected chi connectivity index (χ1v) is 23.9. The van der Waals surface area contributed by atoms with Gasteiger partial charge in [0.2, 0.25) is 5.88 Å². The van der Waals surface area contributed by atoms with Crippen molar-refractivity contribution < 1.29 is 18.4 Å². The maximum absolute atomic E-state index is 12.4. The van der Waals surface area contributed by atoms with Crippen LogP contribution in [0.4, 0.5) is 0 Å². The van der Waals surface area contributed by atoms with Crippen molar-refractivity contribution in [2.45, 2.75) is 187 Å². The number of pyridine rings is 1. The molecule has 5 nitrogen and oxygen atoms in total. The average Bonchev–Trinajstić information content (AvgIpc) is 2.99. The van der Waals surface area contributed by atoms with Gasteiger partial charge < -0.3 is 13.6 Å².